The van der Waals surface area contributed by atoms with Crippen molar-refractivity contribution in [2.75, 3.05) is 13.2 Å². The molecule has 5 nitrogen and oxygen atoms in total. The van der Waals surface area contributed by atoms with Crippen LogP contribution in [-0.2, 0) is 30.8 Å². The summed E-state index contributed by atoms with van der Waals surface area (Å²) in [6.07, 6.45) is 0.0283. The van der Waals surface area contributed by atoms with Crippen LogP contribution in [-0.4, -0.2) is 29.2 Å². The fourth-order valence-corrected chi connectivity index (χ4v) is 5.23. The lowest BCUT2D eigenvalue weighted by molar-refractivity contribution is -0.136. The van der Waals surface area contributed by atoms with Crippen LogP contribution in [0, 0.1) is 20.8 Å². The average molecular weight is 444 g/mol. The third-order valence-corrected chi connectivity index (χ3v) is 6.87. The van der Waals surface area contributed by atoms with Crippen LogP contribution in [0.4, 0.5) is 0 Å². The lowest BCUT2D eigenvalue weighted by Gasteiger charge is -2.23. The molecule has 3 aromatic carbocycles. The SMILES string of the molecule is Cc1ccc(-c2c(C)c3c(c(C)c2CC(=O)O)CN(Cc2cccc4c2OCCO4)C3)cc1. The van der Waals surface area contributed by atoms with Crippen LogP contribution >= 0.6 is 0 Å². The molecule has 0 spiro atoms. The number of carboxylic acids is 1. The molecule has 0 saturated carbocycles. The Kier molecular flexibility index (Phi) is 5.59. The fraction of sp³-hybridized carbons (Fsp3) is 0.321. The monoisotopic (exact) mass is 443 g/mol. The van der Waals surface area contributed by atoms with E-state index >= 15 is 0 Å². The number of aliphatic carboxylic acids is 1. The molecule has 0 atom stereocenters. The Bertz CT molecular complexity index is 1230. The van der Waals surface area contributed by atoms with Crippen LogP contribution in [0.3, 0.4) is 0 Å². The van der Waals surface area contributed by atoms with E-state index in [1.165, 1.54) is 22.3 Å². The average Bonchev–Trinajstić information content (AvgIpc) is 3.23. The summed E-state index contributed by atoms with van der Waals surface area (Å²) in [5, 5.41) is 9.67. The van der Waals surface area contributed by atoms with Gasteiger partial charge >= 0.3 is 5.97 Å². The van der Waals surface area contributed by atoms with E-state index in [0.29, 0.717) is 13.2 Å². The number of rotatable bonds is 5. The van der Waals surface area contributed by atoms with Crippen molar-refractivity contribution in [2.45, 2.75) is 46.8 Å². The Morgan fingerprint density at radius 3 is 2.36 bits per heavy atom. The van der Waals surface area contributed by atoms with Crippen LogP contribution in [0.5, 0.6) is 11.5 Å². The van der Waals surface area contributed by atoms with Gasteiger partial charge < -0.3 is 14.6 Å². The van der Waals surface area contributed by atoms with Crippen molar-refractivity contribution in [1.82, 2.24) is 4.90 Å². The van der Waals surface area contributed by atoms with Gasteiger partial charge in [0.15, 0.2) is 11.5 Å². The number of ether oxygens (including phenoxy) is 2. The molecule has 2 aliphatic rings. The first kappa shape index (κ1) is 21.5. The minimum absolute atomic E-state index is 0.0283. The smallest absolute Gasteiger partial charge is 0.307 e. The first-order valence-corrected chi connectivity index (χ1v) is 11.4. The molecule has 0 amide bonds. The third kappa shape index (κ3) is 3.98. The lowest BCUT2D eigenvalue weighted by atomic mass is 9.84. The van der Waals surface area contributed by atoms with Gasteiger partial charge in [0.05, 0.1) is 6.42 Å². The van der Waals surface area contributed by atoms with E-state index in [1.54, 1.807) is 0 Å². The van der Waals surface area contributed by atoms with E-state index < -0.39 is 5.97 Å². The van der Waals surface area contributed by atoms with E-state index in [1.807, 2.05) is 12.1 Å². The van der Waals surface area contributed by atoms with Gasteiger partial charge in [-0.15, -0.1) is 0 Å². The van der Waals surface area contributed by atoms with E-state index in [4.69, 9.17) is 9.47 Å². The first-order chi connectivity index (χ1) is 15.9. The maximum absolute atomic E-state index is 11.8. The quantitative estimate of drug-likeness (QED) is 0.588. The van der Waals surface area contributed by atoms with Gasteiger partial charge in [-0.2, -0.15) is 0 Å². The van der Waals surface area contributed by atoms with Gasteiger partial charge in [-0.05, 0) is 65.8 Å². The maximum atomic E-state index is 11.8. The molecule has 1 N–H and O–H groups in total. The van der Waals surface area contributed by atoms with Crippen molar-refractivity contribution < 1.29 is 19.4 Å². The molecule has 0 saturated heterocycles. The molecule has 0 aromatic heterocycles. The van der Waals surface area contributed by atoms with Crippen LogP contribution in [0.25, 0.3) is 11.1 Å². The second-order valence-corrected chi connectivity index (χ2v) is 9.08. The Hall–Kier alpha value is -3.31. The second-order valence-electron chi connectivity index (χ2n) is 9.08. The number of nitrogens with zero attached hydrogens (tertiary/aromatic N) is 1. The summed E-state index contributed by atoms with van der Waals surface area (Å²) in [6, 6.07) is 14.5. The molecule has 2 aliphatic heterocycles. The summed E-state index contributed by atoms with van der Waals surface area (Å²) in [5.74, 6) is 0.863. The third-order valence-electron chi connectivity index (χ3n) is 6.87. The van der Waals surface area contributed by atoms with E-state index in [0.717, 1.165) is 59.0 Å². The topological polar surface area (TPSA) is 59.0 Å². The van der Waals surface area contributed by atoms with Crippen molar-refractivity contribution >= 4 is 5.97 Å². The molecule has 3 aromatic rings. The van der Waals surface area contributed by atoms with Crippen molar-refractivity contribution in [3.63, 3.8) is 0 Å². The molecule has 33 heavy (non-hydrogen) atoms. The molecule has 0 aliphatic carbocycles. The minimum Gasteiger partial charge on any atom is -0.486 e. The van der Waals surface area contributed by atoms with E-state index in [2.05, 4.69) is 56.0 Å². The molecule has 0 fully saturated rings. The molecule has 0 unspecified atom stereocenters. The van der Waals surface area contributed by atoms with Crippen molar-refractivity contribution in [3.05, 3.63) is 81.4 Å². The van der Waals surface area contributed by atoms with Gasteiger partial charge in [0.25, 0.3) is 0 Å². The van der Waals surface area contributed by atoms with E-state index in [9.17, 15) is 9.90 Å². The van der Waals surface area contributed by atoms with Crippen molar-refractivity contribution in [2.24, 2.45) is 0 Å². The summed E-state index contributed by atoms with van der Waals surface area (Å²) in [6.45, 7) is 9.83. The number of hydrogen-bond acceptors (Lipinski definition) is 4. The number of aryl methyl sites for hydroxylation is 1. The lowest BCUT2D eigenvalue weighted by Crippen LogP contribution is -2.20. The van der Waals surface area contributed by atoms with Gasteiger partial charge in [0, 0.05) is 25.2 Å². The zero-order chi connectivity index (χ0) is 23.1. The molecule has 0 bridgehead atoms. The van der Waals surface area contributed by atoms with Gasteiger partial charge in [-0.3, -0.25) is 9.69 Å². The maximum Gasteiger partial charge on any atom is 0.307 e. The van der Waals surface area contributed by atoms with Crippen LogP contribution in [0.1, 0.15) is 38.9 Å². The minimum atomic E-state index is -0.797. The summed E-state index contributed by atoms with van der Waals surface area (Å²) in [7, 11) is 0. The van der Waals surface area contributed by atoms with Gasteiger partial charge in [-0.1, -0.05) is 42.0 Å². The molecule has 170 valence electrons. The van der Waals surface area contributed by atoms with Gasteiger partial charge in [0.1, 0.15) is 13.2 Å². The van der Waals surface area contributed by atoms with Crippen LogP contribution < -0.4 is 9.47 Å². The standard InChI is InChI=1S/C28H29NO4/c1-17-7-9-20(10-8-17)27-19(3)24-16-29(15-23(24)18(2)22(27)13-26(30)31)14-21-5-4-6-25-28(21)33-12-11-32-25/h4-10H,11-16H2,1-3H3,(H,30,31). The number of hydrogen-bond donors (Lipinski definition) is 1. The predicted octanol–water partition coefficient (Wildman–Crippen LogP) is 5.19. The van der Waals surface area contributed by atoms with Crippen LogP contribution in [0.15, 0.2) is 42.5 Å². The summed E-state index contributed by atoms with van der Waals surface area (Å²) < 4.78 is 11.7. The summed E-state index contributed by atoms with van der Waals surface area (Å²) in [4.78, 5) is 14.2. The molecule has 5 rings (SSSR count). The zero-order valence-corrected chi connectivity index (χ0v) is 19.4. The highest BCUT2D eigenvalue weighted by molar-refractivity contribution is 5.81. The van der Waals surface area contributed by atoms with Gasteiger partial charge in [0.2, 0.25) is 0 Å². The summed E-state index contributed by atoms with van der Waals surface area (Å²) in [5.41, 5.74) is 10.3. The molecular formula is C28H29NO4. The summed E-state index contributed by atoms with van der Waals surface area (Å²) >= 11 is 0. The Balaban J connectivity index is 1.53. The molecule has 2 heterocycles. The highest BCUT2D eigenvalue weighted by atomic mass is 16.6. The van der Waals surface area contributed by atoms with Crippen molar-refractivity contribution in [3.8, 4) is 22.6 Å². The normalized spacial score (nSPS) is 14.9. The number of benzene rings is 3. The highest BCUT2D eigenvalue weighted by Crippen LogP contribution is 2.41. The van der Waals surface area contributed by atoms with Crippen molar-refractivity contribution in [1.29, 1.82) is 0 Å². The van der Waals surface area contributed by atoms with Gasteiger partial charge in [-0.25, -0.2) is 0 Å². The van der Waals surface area contributed by atoms with E-state index in [-0.39, 0.29) is 6.42 Å². The number of fused-ring (bicyclic) bond motifs is 2. The Labute approximate surface area is 194 Å². The number of carboxylic acid groups (broad SMARTS) is 1. The van der Waals surface area contributed by atoms with Crippen LogP contribution in [0.2, 0.25) is 0 Å². The zero-order valence-electron chi connectivity index (χ0n) is 19.4. The Morgan fingerprint density at radius 1 is 0.939 bits per heavy atom. The molecular weight excluding hydrogens is 414 g/mol. The number of para-hydroxylation sites is 1. The Morgan fingerprint density at radius 2 is 1.64 bits per heavy atom. The second kappa shape index (κ2) is 8.56. The molecule has 5 heteroatoms. The molecule has 0 radical (unpaired) electrons. The highest BCUT2D eigenvalue weighted by Gasteiger charge is 2.29. The fourth-order valence-electron chi connectivity index (χ4n) is 5.23. The predicted molar refractivity (Wildman–Crippen MR) is 128 cm³/mol. The first-order valence-electron chi connectivity index (χ1n) is 11.4. The number of carbonyl (C=O) groups is 1. The largest absolute Gasteiger partial charge is 0.486 e.